The first-order chi connectivity index (χ1) is 9.34. The number of halogens is 1. The van der Waals surface area contributed by atoms with Gasteiger partial charge in [0.25, 0.3) is 11.6 Å². The van der Waals surface area contributed by atoms with Gasteiger partial charge in [-0.3, -0.25) is 14.9 Å². The van der Waals surface area contributed by atoms with Crippen LogP contribution in [0.3, 0.4) is 0 Å². The second kappa shape index (κ2) is 5.07. The highest BCUT2D eigenvalue weighted by Gasteiger charge is 2.33. The van der Waals surface area contributed by atoms with Gasteiger partial charge in [-0.2, -0.15) is 0 Å². The van der Waals surface area contributed by atoms with Gasteiger partial charge in [0.05, 0.1) is 4.92 Å². The Bertz CT molecular complexity index is 570. The number of nitro groups is 1. The Morgan fingerprint density at radius 1 is 1.55 bits per heavy atom. The van der Waals surface area contributed by atoms with Crippen LogP contribution in [0.15, 0.2) is 12.1 Å². The molecule has 1 fully saturated rings. The van der Waals surface area contributed by atoms with E-state index in [2.05, 4.69) is 5.32 Å². The molecule has 1 saturated carbocycles. The van der Waals surface area contributed by atoms with E-state index >= 15 is 0 Å². The van der Waals surface area contributed by atoms with Crippen molar-refractivity contribution in [1.29, 1.82) is 0 Å². The predicted molar refractivity (Wildman–Crippen MR) is 71.8 cm³/mol. The Morgan fingerprint density at radius 2 is 2.20 bits per heavy atom. The van der Waals surface area contributed by atoms with Crippen LogP contribution < -0.4 is 11.1 Å². The molecule has 0 bridgehead atoms. The molecule has 0 atom stereocenters. The van der Waals surface area contributed by atoms with Gasteiger partial charge in [-0.15, -0.1) is 0 Å². The number of benzene rings is 1. The number of nitrogens with zero attached hydrogens (tertiary/aromatic N) is 1. The summed E-state index contributed by atoms with van der Waals surface area (Å²) < 4.78 is 13.7. The molecule has 0 aromatic heterocycles. The lowest BCUT2D eigenvalue weighted by Crippen LogP contribution is -2.40. The maximum atomic E-state index is 13.7. The molecule has 108 valence electrons. The Kier molecular flexibility index (Phi) is 3.61. The third-order valence-corrected chi connectivity index (χ3v) is 3.83. The van der Waals surface area contributed by atoms with Crippen LogP contribution in [-0.2, 0) is 0 Å². The molecule has 3 N–H and O–H groups in total. The molecule has 0 heterocycles. The van der Waals surface area contributed by atoms with E-state index in [0.29, 0.717) is 6.54 Å². The van der Waals surface area contributed by atoms with Gasteiger partial charge in [-0.05, 0) is 24.3 Å². The number of rotatable bonds is 4. The van der Waals surface area contributed by atoms with E-state index in [0.717, 1.165) is 31.4 Å². The average Bonchev–Trinajstić information content (AvgIpc) is 2.33. The Balaban J connectivity index is 2.20. The molecule has 1 amide bonds. The molecule has 0 radical (unpaired) electrons. The highest BCUT2D eigenvalue weighted by Crippen LogP contribution is 2.39. The van der Waals surface area contributed by atoms with Gasteiger partial charge in [0.1, 0.15) is 17.1 Å². The van der Waals surface area contributed by atoms with Gasteiger partial charge < -0.3 is 11.1 Å². The molecule has 20 heavy (non-hydrogen) atoms. The molecule has 1 aromatic rings. The predicted octanol–water partition coefficient (Wildman–Crippen LogP) is 2.24. The molecule has 1 aromatic carbocycles. The summed E-state index contributed by atoms with van der Waals surface area (Å²) in [7, 11) is 0. The number of carbonyl (C=O) groups is 1. The van der Waals surface area contributed by atoms with E-state index in [9.17, 15) is 19.3 Å². The summed E-state index contributed by atoms with van der Waals surface area (Å²) >= 11 is 0. The number of hydrogen-bond donors (Lipinski definition) is 2. The summed E-state index contributed by atoms with van der Waals surface area (Å²) in [5, 5.41) is 13.4. The van der Waals surface area contributed by atoms with Crippen LogP contribution in [0.1, 0.15) is 36.5 Å². The van der Waals surface area contributed by atoms with Crippen LogP contribution in [0.2, 0.25) is 0 Å². The van der Waals surface area contributed by atoms with E-state index in [1.54, 1.807) is 0 Å². The second-order valence-corrected chi connectivity index (χ2v) is 5.46. The lowest BCUT2D eigenvalue weighted by Gasteiger charge is -2.38. The Hall–Kier alpha value is -2.18. The number of nitrogens with two attached hydrogens (primary N) is 1. The average molecular weight is 281 g/mol. The van der Waals surface area contributed by atoms with E-state index in [-0.39, 0.29) is 5.41 Å². The number of anilines is 1. The van der Waals surface area contributed by atoms with Gasteiger partial charge in [0.2, 0.25) is 0 Å². The van der Waals surface area contributed by atoms with Crippen molar-refractivity contribution >= 4 is 17.3 Å². The van der Waals surface area contributed by atoms with Crippen molar-refractivity contribution in [2.45, 2.75) is 26.2 Å². The summed E-state index contributed by atoms with van der Waals surface area (Å²) in [4.78, 5) is 22.0. The maximum absolute atomic E-state index is 13.7. The number of amides is 1. The highest BCUT2D eigenvalue weighted by atomic mass is 19.1. The number of nitrogen functional groups attached to an aromatic ring is 1. The number of nitro benzene ring substituents is 1. The van der Waals surface area contributed by atoms with Crippen molar-refractivity contribution in [3.05, 3.63) is 33.6 Å². The second-order valence-electron chi connectivity index (χ2n) is 5.46. The van der Waals surface area contributed by atoms with Gasteiger partial charge in [0, 0.05) is 12.6 Å². The van der Waals surface area contributed by atoms with E-state index in [1.165, 1.54) is 0 Å². The molecule has 2 rings (SSSR count). The number of nitrogens with one attached hydrogen (secondary N) is 1. The third-order valence-electron chi connectivity index (χ3n) is 3.83. The quantitative estimate of drug-likeness (QED) is 0.502. The van der Waals surface area contributed by atoms with Crippen LogP contribution in [0.5, 0.6) is 0 Å². The molecular formula is C13H16FN3O3. The molecule has 7 heteroatoms. The molecule has 0 saturated heterocycles. The fourth-order valence-electron chi connectivity index (χ4n) is 2.31. The fourth-order valence-corrected chi connectivity index (χ4v) is 2.31. The Labute approximate surface area is 115 Å². The van der Waals surface area contributed by atoms with Crippen molar-refractivity contribution in [3.63, 3.8) is 0 Å². The number of carbonyl (C=O) groups excluding carboxylic acids is 1. The largest absolute Gasteiger partial charge is 0.392 e. The molecule has 1 aliphatic rings. The van der Waals surface area contributed by atoms with Crippen molar-refractivity contribution in [3.8, 4) is 0 Å². The van der Waals surface area contributed by atoms with E-state index in [1.807, 2.05) is 6.92 Å². The van der Waals surface area contributed by atoms with Crippen LogP contribution in [0, 0.1) is 21.3 Å². The molecule has 0 unspecified atom stereocenters. The maximum Gasteiger partial charge on any atom is 0.293 e. The van der Waals surface area contributed by atoms with Gasteiger partial charge in [0.15, 0.2) is 0 Å². The summed E-state index contributed by atoms with van der Waals surface area (Å²) in [5.41, 5.74) is 4.20. The lowest BCUT2D eigenvalue weighted by atomic mass is 9.70. The Morgan fingerprint density at radius 3 is 2.70 bits per heavy atom. The number of hydrogen-bond acceptors (Lipinski definition) is 4. The fraction of sp³-hybridized carbons (Fsp3) is 0.462. The first kappa shape index (κ1) is 14.2. The first-order valence-corrected chi connectivity index (χ1v) is 6.35. The van der Waals surface area contributed by atoms with Crippen LogP contribution in [-0.4, -0.2) is 17.4 Å². The molecule has 6 nitrogen and oxygen atoms in total. The minimum absolute atomic E-state index is 0.0294. The minimum Gasteiger partial charge on any atom is -0.392 e. The normalized spacial score (nSPS) is 16.3. The smallest absolute Gasteiger partial charge is 0.293 e. The van der Waals surface area contributed by atoms with Crippen LogP contribution in [0.25, 0.3) is 0 Å². The minimum atomic E-state index is -0.857. The van der Waals surface area contributed by atoms with E-state index in [4.69, 9.17) is 5.73 Å². The highest BCUT2D eigenvalue weighted by molar-refractivity contribution is 6.01. The molecule has 1 aliphatic carbocycles. The monoisotopic (exact) mass is 281 g/mol. The zero-order valence-electron chi connectivity index (χ0n) is 11.1. The zero-order chi connectivity index (χ0) is 14.9. The zero-order valence-corrected chi connectivity index (χ0v) is 11.1. The van der Waals surface area contributed by atoms with Crippen molar-refractivity contribution in [2.24, 2.45) is 5.41 Å². The first-order valence-electron chi connectivity index (χ1n) is 6.35. The standard InChI is InChI=1S/C13H16FN3O3/c1-13(5-2-6-13)7-16-12(18)10-8(14)3-4-9(11(10)15)17(19)20/h3-4H,2,5-7,15H2,1H3,(H,16,18). The summed E-state index contributed by atoms with van der Waals surface area (Å²) in [6.07, 6.45) is 3.11. The van der Waals surface area contributed by atoms with Gasteiger partial charge in [-0.1, -0.05) is 13.3 Å². The van der Waals surface area contributed by atoms with Crippen LogP contribution >= 0.6 is 0 Å². The van der Waals surface area contributed by atoms with Crippen molar-refractivity contribution in [1.82, 2.24) is 5.32 Å². The van der Waals surface area contributed by atoms with Crippen LogP contribution in [0.4, 0.5) is 15.8 Å². The summed E-state index contributed by atoms with van der Waals surface area (Å²) in [5.74, 6) is -1.57. The summed E-state index contributed by atoms with van der Waals surface area (Å²) in [6, 6.07) is 1.84. The SMILES string of the molecule is CC1(CNC(=O)c2c(F)ccc([N+](=O)[O-])c2N)CCC1. The van der Waals surface area contributed by atoms with Gasteiger partial charge >= 0.3 is 0 Å². The molecule has 0 aliphatic heterocycles. The summed E-state index contributed by atoms with van der Waals surface area (Å²) in [6.45, 7) is 2.44. The van der Waals surface area contributed by atoms with Crippen molar-refractivity contribution in [2.75, 3.05) is 12.3 Å². The topological polar surface area (TPSA) is 98.3 Å². The van der Waals surface area contributed by atoms with Crippen molar-refractivity contribution < 1.29 is 14.1 Å². The van der Waals surface area contributed by atoms with E-state index < -0.39 is 33.6 Å². The third kappa shape index (κ3) is 2.56. The molecule has 0 spiro atoms. The lowest BCUT2D eigenvalue weighted by molar-refractivity contribution is -0.384. The molecular weight excluding hydrogens is 265 g/mol. The van der Waals surface area contributed by atoms with Gasteiger partial charge in [-0.25, -0.2) is 4.39 Å².